The van der Waals surface area contributed by atoms with Crippen LogP contribution < -0.4 is 0 Å². The van der Waals surface area contributed by atoms with Gasteiger partial charge >= 0.3 is 0 Å². The number of nitrogens with zero attached hydrogens (tertiary/aromatic N) is 5. The molecule has 6 heteroatoms. The maximum absolute atomic E-state index is 13.0. The van der Waals surface area contributed by atoms with E-state index in [0.717, 1.165) is 29.8 Å². The van der Waals surface area contributed by atoms with Crippen molar-refractivity contribution in [1.82, 2.24) is 24.5 Å². The number of fused-ring (bicyclic) bond motifs is 1. The van der Waals surface area contributed by atoms with Gasteiger partial charge in [-0.1, -0.05) is 29.8 Å². The molecule has 1 aromatic carbocycles. The summed E-state index contributed by atoms with van der Waals surface area (Å²) in [5, 5.41) is 4.23. The number of aryl methyl sites for hydroxylation is 3. The van der Waals surface area contributed by atoms with Crippen LogP contribution in [0.2, 0.25) is 0 Å². The highest BCUT2D eigenvalue weighted by Crippen LogP contribution is 2.29. The number of hydrogen-bond donors (Lipinski definition) is 0. The van der Waals surface area contributed by atoms with Gasteiger partial charge in [-0.25, -0.2) is 9.50 Å². The van der Waals surface area contributed by atoms with Crippen molar-refractivity contribution in [3.8, 4) is 0 Å². The minimum absolute atomic E-state index is 0.219. The molecule has 0 bridgehead atoms. The molecule has 0 saturated heterocycles. The van der Waals surface area contributed by atoms with E-state index in [2.05, 4.69) is 51.2 Å². The summed E-state index contributed by atoms with van der Waals surface area (Å²) in [5.41, 5.74) is 5.46. The van der Waals surface area contributed by atoms with Gasteiger partial charge in [0.05, 0.1) is 0 Å². The van der Waals surface area contributed by atoms with Crippen molar-refractivity contribution < 1.29 is 4.79 Å². The number of carbonyl (C=O) groups is 1. The summed E-state index contributed by atoms with van der Waals surface area (Å²) in [5.74, 6) is 0.829. The topological polar surface area (TPSA) is 63.4 Å². The maximum Gasteiger partial charge on any atom is 0.252 e. The van der Waals surface area contributed by atoms with E-state index in [1.165, 1.54) is 17.5 Å². The van der Waals surface area contributed by atoms with Crippen LogP contribution in [-0.4, -0.2) is 36.4 Å². The summed E-state index contributed by atoms with van der Waals surface area (Å²) in [4.78, 5) is 23.7. The second-order valence-corrected chi connectivity index (χ2v) is 7.47. The molecule has 0 radical (unpaired) electrons. The van der Waals surface area contributed by atoms with E-state index < -0.39 is 0 Å². The zero-order valence-corrected chi connectivity index (χ0v) is 16.1. The molecule has 1 fully saturated rings. The highest BCUT2D eigenvalue weighted by atomic mass is 16.2. The van der Waals surface area contributed by atoms with E-state index in [1.54, 1.807) is 4.52 Å². The number of benzene rings is 1. The van der Waals surface area contributed by atoms with Gasteiger partial charge in [-0.15, -0.1) is 0 Å². The average molecular weight is 363 g/mol. The number of rotatable bonds is 6. The van der Waals surface area contributed by atoms with Gasteiger partial charge in [0.15, 0.2) is 0 Å². The van der Waals surface area contributed by atoms with Crippen LogP contribution in [-0.2, 0) is 17.8 Å². The highest BCUT2D eigenvalue weighted by molar-refractivity contribution is 5.77. The Balaban J connectivity index is 1.49. The lowest BCUT2D eigenvalue weighted by Crippen LogP contribution is -2.32. The Bertz CT molecular complexity index is 989. The molecule has 0 spiro atoms. The van der Waals surface area contributed by atoms with Gasteiger partial charge in [-0.2, -0.15) is 10.1 Å². The first kappa shape index (κ1) is 17.6. The second-order valence-electron chi connectivity index (χ2n) is 7.47. The quantitative estimate of drug-likeness (QED) is 0.675. The van der Waals surface area contributed by atoms with Crippen molar-refractivity contribution >= 4 is 11.7 Å². The van der Waals surface area contributed by atoms with Crippen LogP contribution in [0.25, 0.3) is 5.78 Å². The Hall–Kier alpha value is -2.76. The molecule has 0 aliphatic heterocycles. The van der Waals surface area contributed by atoms with Crippen LogP contribution in [0.1, 0.15) is 47.3 Å². The minimum atomic E-state index is 0.219. The van der Waals surface area contributed by atoms with Crippen LogP contribution in [0, 0.1) is 20.8 Å². The lowest BCUT2D eigenvalue weighted by atomic mass is 10.1. The molecule has 0 unspecified atom stereocenters. The maximum atomic E-state index is 13.0. The van der Waals surface area contributed by atoms with E-state index in [1.807, 2.05) is 13.8 Å². The van der Waals surface area contributed by atoms with Crippen molar-refractivity contribution in [2.24, 2.45) is 0 Å². The predicted molar refractivity (Wildman–Crippen MR) is 103 cm³/mol. The van der Waals surface area contributed by atoms with Crippen LogP contribution in [0.5, 0.6) is 0 Å². The third-order valence-electron chi connectivity index (χ3n) is 5.32. The van der Waals surface area contributed by atoms with Gasteiger partial charge in [0.2, 0.25) is 5.91 Å². The summed E-state index contributed by atoms with van der Waals surface area (Å²) in [6.07, 6.45) is 4.91. The highest BCUT2D eigenvalue weighted by Gasteiger charge is 2.32. The van der Waals surface area contributed by atoms with Gasteiger partial charge in [-0.3, -0.25) is 4.79 Å². The number of amides is 1. The third kappa shape index (κ3) is 3.70. The number of hydrogen-bond acceptors (Lipinski definition) is 4. The van der Waals surface area contributed by atoms with Gasteiger partial charge < -0.3 is 4.90 Å². The zero-order chi connectivity index (χ0) is 19.0. The molecule has 0 atom stereocenters. The van der Waals surface area contributed by atoms with Crippen molar-refractivity contribution in [2.45, 2.75) is 59.0 Å². The number of aromatic nitrogens is 4. The Labute approximate surface area is 159 Å². The van der Waals surface area contributed by atoms with Crippen LogP contribution in [0.4, 0.5) is 0 Å². The van der Waals surface area contributed by atoms with E-state index >= 15 is 0 Å². The molecule has 4 rings (SSSR count). The van der Waals surface area contributed by atoms with E-state index in [-0.39, 0.29) is 5.91 Å². The molecule has 0 N–H and O–H groups in total. The first-order chi connectivity index (χ1) is 13.0. The molecule has 2 aromatic heterocycles. The molecule has 140 valence electrons. The zero-order valence-electron chi connectivity index (χ0n) is 16.1. The molecule has 27 heavy (non-hydrogen) atoms. The van der Waals surface area contributed by atoms with Crippen LogP contribution >= 0.6 is 0 Å². The Morgan fingerprint density at radius 2 is 2.07 bits per heavy atom. The monoisotopic (exact) mass is 363 g/mol. The molecule has 3 aromatic rings. The van der Waals surface area contributed by atoms with E-state index in [4.69, 9.17) is 0 Å². The van der Waals surface area contributed by atoms with Crippen molar-refractivity contribution in [3.63, 3.8) is 0 Å². The smallest absolute Gasteiger partial charge is 0.252 e. The van der Waals surface area contributed by atoms with E-state index in [0.29, 0.717) is 31.2 Å². The fourth-order valence-corrected chi connectivity index (χ4v) is 3.71. The van der Waals surface area contributed by atoms with Gasteiger partial charge in [0.1, 0.15) is 6.33 Å². The average Bonchev–Trinajstić information content (AvgIpc) is 3.37. The molecule has 1 aliphatic rings. The summed E-state index contributed by atoms with van der Waals surface area (Å²) < 4.78 is 1.75. The molecule has 6 nitrogen and oxygen atoms in total. The van der Waals surface area contributed by atoms with Gasteiger partial charge in [-0.05, 0) is 51.2 Å². The Morgan fingerprint density at radius 1 is 1.26 bits per heavy atom. The normalized spacial score (nSPS) is 13.9. The fourth-order valence-electron chi connectivity index (χ4n) is 3.71. The first-order valence-electron chi connectivity index (χ1n) is 9.54. The summed E-state index contributed by atoms with van der Waals surface area (Å²) in [6, 6.07) is 8.82. The first-order valence-corrected chi connectivity index (χ1v) is 9.54. The molecule has 1 saturated carbocycles. The number of carbonyl (C=O) groups excluding carboxylic acids is 1. The van der Waals surface area contributed by atoms with Crippen molar-refractivity contribution in [3.05, 3.63) is 58.7 Å². The van der Waals surface area contributed by atoms with Crippen LogP contribution in [0.15, 0.2) is 30.6 Å². The third-order valence-corrected chi connectivity index (χ3v) is 5.32. The Morgan fingerprint density at radius 3 is 2.81 bits per heavy atom. The van der Waals surface area contributed by atoms with E-state index in [9.17, 15) is 4.79 Å². The van der Waals surface area contributed by atoms with Crippen molar-refractivity contribution in [1.29, 1.82) is 0 Å². The second kappa shape index (κ2) is 7.10. The molecular weight excluding hydrogens is 338 g/mol. The summed E-state index contributed by atoms with van der Waals surface area (Å²) >= 11 is 0. The fraction of sp³-hybridized carbons (Fsp3) is 0.429. The summed E-state index contributed by atoms with van der Waals surface area (Å²) in [6.45, 7) is 6.78. The SMILES string of the molecule is Cc1cccc(CN(C(=O)CCc2c(C)nc3ncnn3c2C)C2CC2)c1. The predicted octanol–water partition coefficient (Wildman–Crippen LogP) is 3.17. The standard InChI is InChI=1S/C21H25N5O/c1-14-5-4-6-17(11-14)12-25(18-7-8-18)20(27)10-9-19-15(2)24-21-22-13-23-26(21)16(19)3/h4-6,11,13,18H,7-10,12H2,1-3H3. The Kier molecular flexibility index (Phi) is 4.64. The molecule has 2 heterocycles. The van der Waals surface area contributed by atoms with Crippen molar-refractivity contribution in [2.75, 3.05) is 0 Å². The van der Waals surface area contributed by atoms with Crippen LogP contribution in [0.3, 0.4) is 0 Å². The molecule has 1 amide bonds. The van der Waals surface area contributed by atoms with Gasteiger partial charge in [0, 0.05) is 30.4 Å². The lowest BCUT2D eigenvalue weighted by molar-refractivity contribution is -0.132. The summed E-state index contributed by atoms with van der Waals surface area (Å²) in [7, 11) is 0. The largest absolute Gasteiger partial charge is 0.335 e. The van der Waals surface area contributed by atoms with Gasteiger partial charge in [0.25, 0.3) is 5.78 Å². The molecular formula is C21H25N5O. The molecule has 1 aliphatic carbocycles. The lowest BCUT2D eigenvalue weighted by Gasteiger charge is -2.23. The minimum Gasteiger partial charge on any atom is -0.335 e.